The fraction of sp³-hybridized carbons (Fsp3) is 0.714. The van der Waals surface area contributed by atoms with Crippen molar-refractivity contribution >= 4 is 24.8 Å². The van der Waals surface area contributed by atoms with Crippen molar-refractivity contribution in [1.29, 1.82) is 0 Å². The van der Waals surface area contributed by atoms with Crippen molar-refractivity contribution in [1.82, 2.24) is 15.1 Å². The molecule has 32 heavy (non-hydrogen) atoms. The molecule has 0 amide bonds. The minimum Gasteiger partial charge on any atom is -0.330 e. The fourth-order valence-electron chi connectivity index (χ4n) is 4.31. The van der Waals surface area contributed by atoms with E-state index in [1.165, 1.54) is 0 Å². The second-order valence-corrected chi connectivity index (χ2v) is 7.92. The van der Waals surface area contributed by atoms with Crippen LogP contribution in [0.5, 0.6) is 0 Å². The molecule has 6 nitrogen and oxygen atoms in total. The van der Waals surface area contributed by atoms with E-state index in [1.54, 1.807) is 26.4 Å². The van der Waals surface area contributed by atoms with Crippen molar-refractivity contribution in [2.75, 3.05) is 60.1 Å². The maximum atomic E-state index is 12.7. The molecule has 186 valence electrons. The lowest BCUT2D eigenvalue weighted by Gasteiger charge is -2.46. The largest absolute Gasteiger partial charge is 0.416 e. The first-order chi connectivity index (χ1) is 14.3. The first-order valence-corrected chi connectivity index (χ1v) is 10.4. The van der Waals surface area contributed by atoms with Crippen LogP contribution in [0.25, 0.3) is 0 Å². The lowest BCUT2D eigenvalue weighted by molar-refractivity contribution is -0.400. The summed E-state index contributed by atoms with van der Waals surface area (Å²) in [5, 5.41) is 3.48. The quantitative estimate of drug-likeness (QED) is 0.577. The number of hydrogen-bond acceptors (Lipinski definition) is 6. The molecule has 0 bridgehead atoms. The van der Waals surface area contributed by atoms with Gasteiger partial charge in [0.15, 0.2) is 0 Å². The number of ether oxygens (including phenoxy) is 3. The summed E-state index contributed by atoms with van der Waals surface area (Å²) >= 11 is 0. The van der Waals surface area contributed by atoms with Crippen LogP contribution in [-0.4, -0.2) is 88.0 Å². The van der Waals surface area contributed by atoms with Crippen molar-refractivity contribution in [3.8, 4) is 0 Å². The Morgan fingerprint density at radius 2 is 1.75 bits per heavy atom. The molecule has 2 saturated heterocycles. The van der Waals surface area contributed by atoms with E-state index in [0.717, 1.165) is 57.0 Å². The van der Waals surface area contributed by atoms with E-state index in [2.05, 4.69) is 15.1 Å². The number of alkyl halides is 3. The molecule has 0 aromatic heterocycles. The Hall–Kier alpha value is -0.650. The second kappa shape index (κ2) is 12.7. The summed E-state index contributed by atoms with van der Waals surface area (Å²) in [6.45, 7) is 7.84. The molecule has 0 radical (unpaired) electrons. The van der Waals surface area contributed by atoms with Crippen molar-refractivity contribution in [3.63, 3.8) is 0 Å². The summed E-state index contributed by atoms with van der Waals surface area (Å²) in [7, 11) is 3.18. The molecule has 1 aromatic carbocycles. The number of halogens is 5. The highest BCUT2D eigenvalue weighted by atomic mass is 35.5. The molecule has 2 unspecified atom stereocenters. The highest BCUT2D eigenvalue weighted by Gasteiger charge is 2.44. The van der Waals surface area contributed by atoms with Crippen LogP contribution in [0.2, 0.25) is 0 Å². The molecule has 0 spiro atoms. The summed E-state index contributed by atoms with van der Waals surface area (Å²) < 4.78 is 54.9. The van der Waals surface area contributed by atoms with Crippen LogP contribution in [0.4, 0.5) is 13.2 Å². The number of methoxy groups -OCH3 is 2. The van der Waals surface area contributed by atoms with Gasteiger partial charge in [-0.2, -0.15) is 13.2 Å². The molecule has 11 heteroatoms. The van der Waals surface area contributed by atoms with E-state index < -0.39 is 17.7 Å². The molecule has 3 rings (SSSR count). The zero-order chi connectivity index (χ0) is 21.8. The van der Waals surface area contributed by atoms with Gasteiger partial charge in [-0.3, -0.25) is 9.80 Å². The van der Waals surface area contributed by atoms with Gasteiger partial charge in [0.05, 0.1) is 18.2 Å². The molecule has 2 aliphatic rings. The number of nitrogens with one attached hydrogen (secondary N) is 1. The molecular formula is C21H34Cl2F3N3O3. The fourth-order valence-corrected chi connectivity index (χ4v) is 4.31. The number of rotatable bonds is 7. The predicted molar refractivity (Wildman–Crippen MR) is 122 cm³/mol. The molecule has 1 N–H and O–H groups in total. The molecular weight excluding hydrogens is 470 g/mol. The average molecular weight is 504 g/mol. The Labute approximate surface area is 200 Å². The van der Waals surface area contributed by atoms with Crippen LogP contribution in [0, 0.1) is 0 Å². The van der Waals surface area contributed by atoms with Crippen molar-refractivity contribution in [2.24, 2.45) is 0 Å². The van der Waals surface area contributed by atoms with Crippen LogP contribution < -0.4 is 5.32 Å². The SMILES string of the molecule is COC1(OC)OCCN(CCN2CCNC(Cc3ccc(C(F)(F)F)cc3)C2)C1C.Cl.Cl. The number of morpholine rings is 1. The maximum absolute atomic E-state index is 12.7. The highest BCUT2D eigenvalue weighted by Crippen LogP contribution is 2.29. The number of piperazine rings is 1. The topological polar surface area (TPSA) is 46.2 Å². The van der Waals surface area contributed by atoms with Crippen LogP contribution in [0.3, 0.4) is 0 Å². The Balaban J connectivity index is 0.00000256. The van der Waals surface area contributed by atoms with Gasteiger partial charge in [0.2, 0.25) is 0 Å². The van der Waals surface area contributed by atoms with E-state index in [-0.39, 0.29) is 36.9 Å². The standard InChI is InChI=1S/C21H32F3N3O3.2ClH/c1-16-21(28-2,29-3)30-13-12-27(16)11-10-26-9-8-25-19(15-26)14-17-4-6-18(7-5-17)20(22,23)24;;/h4-7,16,19,25H,8-15H2,1-3H3;2*1H. The first-order valence-electron chi connectivity index (χ1n) is 10.4. The van der Waals surface area contributed by atoms with Crippen LogP contribution in [-0.2, 0) is 26.8 Å². The highest BCUT2D eigenvalue weighted by molar-refractivity contribution is 5.85. The Morgan fingerprint density at radius 3 is 2.34 bits per heavy atom. The van der Waals surface area contributed by atoms with E-state index in [1.807, 2.05) is 6.92 Å². The summed E-state index contributed by atoms with van der Waals surface area (Å²) in [5.74, 6) is -1.03. The Kier molecular flexibility index (Phi) is 11.7. The smallest absolute Gasteiger partial charge is 0.330 e. The third-order valence-electron chi connectivity index (χ3n) is 6.12. The van der Waals surface area contributed by atoms with E-state index in [4.69, 9.17) is 14.2 Å². The third-order valence-corrected chi connectivity index (χ3v) is 6.12. The van der Waals surface area contributed by atoms with Crippen LogP contribution in [0.15, 0.2) is 24.3 Å². The molecule has 2 atom stereocenters. The molecule has 2 fully saturated rings. The van der Waals surface area contributed by atoms with Gasteiger partial charge in [0, 0.05) is 59.5 Å². The number of nitrogens with zero attached hydrogens (tertiary/aromatic N) is 2. The minimum atomic E-state index is -4.29. The summed E-state index contributed by atoms with van der Waals surface area (Å²) in [5.41, 5.74) is 0.307. The van der Waals surface area contributed by atoms with Gasteiger partial charge in [-0.05, 0) is 31.0 Å². The molecule has 0 saturated carbocycles. The predicted octanol–water partition coefficient (Wildman–Crippen LogP) is 3.03. The zero-order valence-corrected chi connectivity index (χ0v) is 20.3. The molecule has 0 aliphatic carbocycles. The third kappa shape index (κ3) is 7.17. The minimum absolute atomic E-state index is 0. The van der Waals surface area contributed by atoms with Crippen LogP contribution in [0.1, 0.15) is 18.1 Å². The first kappa shape index (κ1) is 29.4. The summed E-state index contributed by atoms with van der Waals surface area (Å²) in [6.07, 6.45) is -3.59. The second-order valence-electron chi connectivity index (χ2n) is 7.92. The van der Waals surface area contributed by atoms with Gasteiger partial charge in [0.25, 0.3) is 5.97 Å². The summed E-state index contributed by atoms with van der Waals surface area (Å²) in [6, 6.07) is 5.66. The van der Waals surface area contributed by atoms with E-state index >= 15 is 0 Å². The number of benzene rings is 1. The lowest BCUT2D eigenvalue weighted by Crippen LogP contribution is -2.62. The van der Waals surface area contributed by atoms with E-state index in [0.29, 0.717) is 13.0 Å². The van der Waals surface area contributed by atoms with Crippen molar-refractivity contribution in [2.45, 2.75) is 37.6 Å². The molecule has 2 aliphatic heterocycles. The average Bonchev–Trinajstić information content (AvgIpc) is 2.73. The van der Waals surface area contributed by atoms with Gasteiger partial charge in [0.1, 0.15) is 0 Å². The van der Waals surface area contributed by atoms with Crippen LogP contribution >= 0.6 is 24.8 Å². The molecule has 1 aromatic rings. The van der Waals surface area contributed by atoms with Gasteiger partial charge < -0.3 is 19.5 Å². The Morgan fingerprint density at radius 1 is 1.09 bits per heavy atom. The monoisotopic (exact) mass is 503 g/mol. The zero-order valence-electron chi connectivity index (χ0n) is 18.7. The number of hydrogen-bond donors (Lipinski definition) is 1. The summed E-state index contributed by atoms with van der Waals surface area (Å²) in [4.78, 5) is 4.71. The Bertz CT molecular complexity index is 678. The van der Waals surface area contributed by atoms with Gasteiger partial charge >= 0.3 is 6.18 Å². The van der Waals surface area contributed by atoms with E-state index in [9.17, 15) is 13.2 Å². The normalized spacial score (nSPS) is 24.4. The maximum Gasteiger partial charge on any atom is 0.416 e. The van der Waals surface area contributed by atoms with Gasteiger partial charge in [-0.15, -0.1) is 24.8 Å². The molecule has 2 heterocycles. The van der Waals surface area contributed by atoms with Crippen molar-refractivity contribution in [3.05, 3.63) is 35.4 Å². The lowest BCUT2D eigenvalue weighted by atomic mass is 10.0. The van der Waals surface area contributed by atoms with Gasteiger partial charge in [-0.25, -0.2) is 0 Å². The van der Waals surface area contributed by atoms with Crippen molar-refractivity contribution < 1.29 is 27.4 Å². The van der Waals surface area contributed by atoms with Gasteiger partial charge in [-0.1, -0.05) is 12.1 Å².